The minimum atomic E-state index is -4.18. The minimum Gasteiger partial charge on any atom is -0.508 e. The monoisotopic (exact) mass is 526 g/mol. The Kier molecular flexibility index (Phi) is 5.14. The summed E-state index contributed by atoms with van der Waals surface area (Å²) in [5.41, 5.74) is 9.61. The van der Waals surface area contributed by atoms with Crippen LogP contribution in [-0.4, -0.2) is 43.0 Å². The van der Waals surface area contributed by atoms with E-state index in [0.29, 0.717) is 11.1 Å². The maximum Gasteiger partial charge on any atom is 0.268 e. The number of nitrogens with one attached hydrogen (secondary N) is 1. The van der Waals surface area contributed by atoms with E-state index in [1.807, 2.05) is 26.0 Å². The number of benzene rings is 3. The molecular formula is C27H22N6O4S. The molecule has 0 aliphatic carbocycles. The standard InChI is InChI=1S/C27H22N6O4S/c1-15-3-7-20(8-4-15)38(36,37)33-24-10-6-19(34)11-17(24)12-25(33)26(35)21-14-29-32(27(21)28)18-5-9-22-23(13-18)31-16(2)30-22/h3-14,34H,28H2,1-2H3,(H,30,31). The van der Waals surface area contributed by atoms with Gasteiger partial charge in [-0.2, -0.15) is 5.10 Å². The fourth-order valence-corrected chi connectivity index (χ4v) is 6.05. The van der Waals surface area contributed by atoms with E-state index in [1.54, 1.807) is 18.2 Å². The number of ketones is 1. The Morgan fingerprint density at radius 3 is 2.53 bits per heavy atom. The van der Waals surface area contributed by atoms with Crippen molar-refractivity contribution in [1.29, 1.82) is 0 Å². The van der Waals surface area contributed by atoms with Crippen molar-refractivity contribution in [3.63, 3.8) is 0 Å². The van der Waals surface area contributed by atoms with Gasteiger partial charge in [-0.3, -0.25) is 4.79 Å². The van der Waals surface area contributed by atoms with Crippen molar-refractivity contribution < 1.29 is 18.3 Å². The van der Waals surface area contributed by atoms with Gasteiger partial charge in [-0.05, 0) is 68.4 Å². The highest BCUT2D eigenvalue weighted by Gasteiger charge is 2.29. The molecule has 6 rings (SSSR count). The molecule has 38 heavy (non-hydrogen) atoms. The normalized spacial score (nSPS) is 11.9. The van der Waals surface area contributed by atoms with Gasteiger partial charge in [0.1, 0.15) is 23.1 Å². The van der Waals surface area contributed by atoms with Crippen LogP contribution in [0.4, 0.5) is 5.82 Å². The van der Waals surface area contributed by atoms with E-state index in [0.717, 1.165) is 26.4 Å². The van der Waals surface area contributed by atoms with Gasteiger partial charge in [0.25, 0.3) is 10.0 Å². The van der Waals surface area contributed by atoms with Crippen molar-refractivity contribution >= 4 is 43.6 Å². The lowest BCUT2D eigenvalue weighted by Gasteiger charge is -2.12. The molecule has 0 atom stereocenters. The summed E-state index contributed by atoms with van der Waals surface area (Å²) in [6.45, 7) is 3.70. The Balaban J connectivity index is 1.51. The average molecular weight is 527 g/mol. The number of H-pyrrole nitrogens is 1. The summed E-state index contributed by atoms with van der Waals surface area (Å²) in [5.74, 6) is 0.129. The SMILES string of the molecule is Cc1ccc(S(=O)(=O)n2c(C(=O)c3cnn(-c4ccc5nc(C)[nH]c5c4)c3N)cc3cc(O)ccc32)cc1. The molecule has 0 amide bonds. The minimum absolute atomic E-state index is 0.0227. The van der Waals surface area contributed by atoms with Gasteiger partial charge in [-0.25, -0.2) is 22.1 Å². The van der Waals surface area contributed by atoms with Crippen LogP contribution < -0.4 is 5.73 Å². The highest BCUT2D eigenvalue weighted by Crippen LogP contribution is 2.31. The summed E-state index contributed by atoms with van der Waals surface area (Å²) in [6.07, 6.45) is 1.32. The molecule has 0 saturated carbocycles. The molecule has 0 fully saturated rings. The van der Waals surface area contributed by atoms with Crippen LogP contribution in [0.15, 0.2) is 77.8 Å². The lowest BCUT2D eigenvalue weighted by Crippen LogP contribution is -2.19. The van der Waals surface area contributed by atoms with Crippen molar-refractivity contribution in [2.24, 2.45) is 0 Å². The van der Waals surface area contributed by atoms with E-state index in [1.165, 1.54) is 47.3 Å². The lowest BCUT2D eigenvalue weighted by atomic mass is 10.1. The van der Waals surface area contributed by atoms with Crippen LogP contribution in [0.2, 0.25) is 0 Å². The maximum atomic E-state index is 13.8. The van der Waals surface area contributed by atoms with Crippen LogP contribution in [0, 0.1) is 13.8 Å². The Hall–Kier alpha value is -4.90. The van der Waals surface area contributed by atoms with Crippen LogP contribution in [0.1, 0.15) is 27.4 Å². The Bertz CT molecular complexity index is 2000. The molecule has 190 valence electrons. The first kappa shape index (κ1) is 23.5. The predicted molar refractivity (Wildman–Crippen MR) is 143 cm³/mol. The van der Waals surface area contributed by atoms with Gasteiger partial charge in [-0.1, -0.05) is 17.7 Å². The Morgan fingerprint density at radius 1 is 1.00 bits per heavy atom. The number of nitrogens with two attached hydrogens (primary N) is 1. The quantitative estimate of drug-likeness (QED) is 0.287. The summed E-state index contributed by atoms with van der Waals surface area (Å²) in [6, 6.07) is 17.4. The van der Waals surface area contributed by atoms with E-state index < -0.39 is 15.8 Å². The number of nitrogen functional groups attached to an aromatic ring is 1. The van der Waals surface area contributed by atoms with Gasteiger partial charge in [0.05, 0.1) is 38.9 Å². The second-order valence-electron chi connectivity index (χ2n) is 9.06. The first-order chi connectivity index (χ1) is 18.1. The van der Waals surface area contributed by atoms with E-state index in [2.05, 4.69) is 15.1 Å². The number of phenols is 1. The Morgan fingerprint density at radius 2 is 1.76 bits per heavy atom. The third-order valence-electron chi connectivity index (χ3n) is 6.41. The van der Waals surface area contributed by atoms with Crippen LogP contribution >= 0.6 is 0 Å². The van der Waals surface area contributed by atoms with E-state index in [9.17, 15) is 18.3 Å². The smallest absolute Gasteiger partial charge is 0.268 e. The maximum absolute atomic E-state index is 13.8. The van der Waals surface area contributed by atoms with Crippen molar-refractivity contribution in [3.05, 3.63) is 95.6 Å². The number of rotatable bonds is 5. The van der Waals surface area contributed by atoms with Gasteiger partial charge >= 0.3 is 0 Å². The number of hydrogen-bond donors (Lipinski definition) is 3. The molecule has 0 aliphatic heterocycles. The predicted octanol–water partition coefficient (Wildman–Crippen LogP) is 4.08. The largest absolute Gasteiger partial charge is 0.508 e. The lowest BCUT2D eigenvalue weighted by molar-refractivity contribution is 0.103. The van der Waals surface area contributed by atoms with Crippen molar-refractivity contribution in [3.8, 4) is 11.4 Å². The third-order valence-corrected chi connectivity index (χ3v) is 8.15. The zero-order chi connectivity index (χ0) is 26.8. The average Bonchev–Trinajstić information content (AvgIpc) is 3.57. The zero-order valence-electron chi connectivity index (χ0n) is 20.4. The molecule has 0 aliphatic rings. The number of aromatic hydroxyl groups is 1. The molecule has 4 N–H and O–H groups in total. The van der Waals surface area contributed by atoms with E-state index in [-0.39, 0.29) is 33.2 Å². The first-order valence-corrected chi connectivity index (χ1v) is 13.1. The van der Waals surface area contributed by atoms with Gasteiger partial charge < -0.3 is 15.8 Å². The van der Waals surface area contributed by atoms with Crippen molar-refractivity contribution in [1.82, 2.24) is 23.7 Å². The molecule has 0 spiro atoms. The third kappa shape index (κ3) is 3.63. The molecule has 0 bridgehead atoms. The number of fused-ring (bicyclic) bond motifs is 2. The highest BCUT2D eigenvalue weighted by atomic mass is 32.2. The fraction of sp³-hybridized carbons (Fsp3) is 0.0741. The topological polar surface area (TPSA) is 149 Å². The number of imidazole rings is 1. The van der Waals surface area contributed by atoms with E-state index >= 15 is 0 Å². The summed E-state index contributed by atoms with van der Waals surface area (Å²) in [5, 5.41) is 14.7. The van der Waals surface area contributed by atoms with Crippen LogP contribution in [0.25, 0.3) is 27.6 Å². The zero-order valence-corrected chi connectivity index (χ0v) is 21.2. The van der Waals surface area contributed by atoms with Crippen LogP contribution in [0.5, 0.6) is 5.75 Å². The number of carbonyl (C=O) groups excluding carboxylic acids is 1. The second kappa shape index (κ2) is 8.32. The van der Waals surface area contributed by atoms with Crippen molar-refractivity contribution in [2.75, 3.05) is 5.73 Å². The number of nitrogens with zero attached hydrogens (tertiary/aromatic N) is 4. The summed E-state index contributed by atoms with van der Waals surface area (Å²) in [4.78, 5) is 21.4. The number of hydrogen-bond acceptors (Lipinski definition) is 7. The molecule has 3 aromatic carbocycles. The summed E-state index contributed by atoms with van der Waals surface area (Å²) >= 11 is 0. The molecule has 0 saturated heterocycles. The van der Waals surface area contributed by atoms with Crippen LogP contribution in [0.3, 0.4) is 0 Å². The highest BCUT2D eigenvalue weighted by molar-refractivity contribution is 7.90. The molecule has 6 aromatic rings. The molecule has 0 unspecified atom stereocenters. The van der Waals surface area contributed by atoms with E-state index in [4.69, 9.17) is 5.73 Å². The molecule has 3 heterocycles. The molecule has 10 nitrogen and oxygen atoms in total. The Labute approximate surface area is 217 Å². The summed E-state index contributed by atoms with van der Waals surface area (Å²) < 4.78 is 30.0. The number of aryl methyl sites for hydroxylation is 2. The number of carbonyl (C=O) groups is 1. The summed E-state index contributed by atoms with van der Waals surface area (Å²) in [7, 11) is -4.18. The van der Waals surface area contributed by atoms with Gasteiger partial charge in [0, 0.05) is 5.39 Å². The van der Waals surface area contributed by atoms with Crippen LogP contribution in [-0.2, 0) is 10.0 Å². The fourth-order valence-electron chi connectivity index (χ4n) is 4.54. The molecule has 0 radical (unpaired) electrons. The molecule has 11 heteroatoms. The number of aromatic amines is 1. The van der Waals surface area contributed by atoms with Gasteiger partial charge in [-0.15, -0.1) is 0 Å². The van der Waals surface area contributed by atoms with Gasteiger partial charge in [0.15, 0.2) is 0 Å². The first-order valence-electron chi connectivity index (χ1n) is 11.6. The number of phenolic OH excluding ortho intramolecular Hbond substituents is 1. The second-order valence-corrected chi connectivity index (χ2v) is 10.8. The number of aromatic nitrogens is 5. The molecular weight excluding hydrogens is 504 g/mol. The van der Waals surface area contributed by atoms with Crippen molar-refractivity contribution in [2.45, 2.75) is 18.7 Å². The molecule has 3 aromatic heterocycles. The number of anilines is 1. The van der Waals surface area contributed by atoms with Gasteiger partial charge in [0.2, 0.25) is 5.78 Å².